The van der Waals surface area contributed by atoms with Crippen molar-refractivity contribution in [3.8, 4) is 34.0 Å². The normalized spacial score (nSPS) is 14.7. The predicted molar refractivity (Wildman–Crippen MR) is 292 cm³/mol. The van der Waals surface area contributed by atoms with Gasteiger partial charge in [0.15, 0.2) is 0 Å². The largest absolute Gasteiger partial charge is 0.480 e. The van der Waals surface area contributed by atoms with E-state index in [1.807, 2.05) is 0 Å². The lowest BCUT2D eigenvalue weighted by Crippen LogP contribution is -2.37. The third kappa shape index (κ3) is 12.7. The van der Waals surface area contributed by atoms with Gasteiger partial charge in [0.1, 0.15) is 39.4 Å². The molecule has 1 aliphatic rings. The number of sulfonamides is 2. The zero-order chi connectivity index (χ0) is 58.1. The van der Waals surface area contributed by atoms with Crippen molar-refractivity contribution in [2.75, 3.05) is 29.7 Å². The predicted octanol–water partition coefficient (Wildman–Crippen LogP) is 7.81. The van der Waals surface area contributed by atoms with E-state index in [0.29, 0.717) is 22.2 Å². The van der Waals surface area contributed by atoms with Gasteiger partial charge < -0.3 is 20.1 Å². The van der Waals surface area contributed by atoms with Gasteiger partial charge in [-0.05, 0) is 90.3 Å². The van der Waals surface area contributed by atoms with Gasteiger partial charge in [-0.2, -0.15) is 0 Å². The first-order chi connectivity index (χ1) is 38.4. The molecule has 1 saturated carbocycles. The number of aromatic nitrogens is 6. The fourth-order valence-electron chi connectivity index (χ4n) is 8.53. The van der Waals surface area contributed by atoms with Gasteiger partial charge in [-0.25, -0.2) is 54.3 Å². The molecule has 1 fully saturated rings. The van der Waals surface area contributed by atoms with E-state index in [0.717, 1.165) is 36.4 Å². The van der Waals surface area contributed by atoms with Gasteiger partial charge in [-0.3, -0.25) is 37.8 Å². The molecule has 0 spiro atoms. The van der Waals surface area contributed by atoms with Crippen LogP contribution < -0.4 is 40.7 Å². The Labute approximate surface area is 468 Å². The zero-order valence-corrected chi connectivity index (χ0v) is 45.9. The van der Waals surface area contributed by atoms with Crippen LogP contribution in [0.3, 0.4) is 0 Å². The number of pyridine rings is 2. The van der Waals surface area contributed by atoms with Crippen LogP contribution in [-0.2, 0) is 42.7 Å². The van der Waals surface area contributed by atoms with Crippen LogP contribution in [0.15, 0.2) is 129 Å². The summed E-state index contributed by atoms with van der Waals surface area (Å²) in [5, 5.41) is 4.54. The summed E-state index contributed by atoms with van der Waals surface area (Å²) >= 11 is 12.2. The molecule has 8 aromatic rings. The number of hydrogen-bond acceptors (Lipinski definition) is 14. The van der Waals surface area contributed by atoms with Crippen LogP contribution in [-0.4, -0.2) is 89.9 Å². The van der Waals surface area contributed by atoms with Crippen molar-refractivity contribution in [3.05, 3.63) is 152 Å². The molecule has 4 aromatic carbocycles. The Morgan fingerprint density at radius 2 is 1.20 bits per heavy atom. The Bertz CT molecular complexity index is 4180. The summed E-state index contributed by atoms with van der Waals surface area (Å²) in [6.45, 7) is 2.57. The van der Waals surface area contributed by atoms with E-state index in [-0.39, 0.29) is 82.7 Å². The van der Waals surface area contributed by atoms with Crippen molar-refractivity contribution in [2.24, 2.45) is 11.8 Å². The monoisotopic (exact) mass is 1190 g/mol. The molecule has 4 aromatic heterocycles. The number of hydrogen-bond donors (Lipinski definition) is 4. The highest BCUT2D eigenvalue weighted by Crippen LogP contribution is 2.42. The van der Waals surface area contributed by atoms with Gasteiger partial charge in [-0.1, -0.05) is 49.2 Å². The minimum absolute atomic E-state index is 0.0813. The maximum atomic E-state index is 14.0. The Morgan fingerprint density at radius 3 is 1.68 bits per heavy atom. The molecule has 0 saturated heterocycles. The second-order valence-electron chi connectivity index (χ2n) is 18.8. The van der Waals surface area contributed by atoms with Crippen molar-refractivity contribution in [2.45, 2.75) is 61.5 Å². The third-order valence-corrected chi connectivity index (χ3v) is 16.7. The van der Waals surface area contributed by atoms with Gasteiger partial charge in [0.05, 0.1) is 76.0 Å². The second-order valence-corrected chi connectivity index (χ2v) is 22.9. The number of halogens is 6. The molecule has 0 aliphatic heterocycles. The van der Waals surface area contributed by atoms with E-state index < -0.39 is 99.6 Å². The number of amides is 2. The molecule has 0 unspecified atom stereocenters. The highest BCUT2D eigenvalue weighted by atomic mass is 35.5. The lowest BCUT2D eigenvalue weighted by atomic mass is 10.0. The van der Waals surface area contributed by atoms with Crippen LogP contribution in [0.4, 0.5) is 28.9 Å². The summed E-state index contributed by atoms with van der Waals surface area (Å²) in [7, 11) is -7.63. The molecule has 2 amide bonds. The number of alkyl halides is 2. The maximum absolute atomic E-state index is 14.0. The molecule has 4 N–H and O–H groups in total. The standard InChI is InChI=1S/C53H46Cl2F4N10O10S2/c1-4-29(25-69-27-64-41-10-5-30(16-37(41)52(69)73)32-17-42(49(78-3)61-22-32)66-80(74,75)44-11-7-34(56)19-38(44)54)48(71)60-13-14-79-50-43(67-81(76,77)45-12-8-35(57)20-39(45)55)18-33(23-62-50)31-6-9-40-36(15-31)51(72)68(26-63-40)24-28(2)47(70)65-46-21-53(46,58)59/h5-12,15-20,22-23,26-29,46,66-67H,4,13-14,21,24-25H2,1-3H3,(H,60,71)(H,65,70)/t28-,29-,46+/m1/s1. The minimum Gasteiger partial charge on any atom is -0.480 e. The Hall–Kier alpha value is -8.20. The Kier molecular flexibility index (Phi) is 16.4. The van der Waals surface area contributed by atoms with Crippen molar-refractivity contribution in [1.29, 1.82) is 0 Å². The van der Waals surface area contributed by atoms with E-state index >= 15 is 0 Å². The number of ether oxygens (including phenoxy) is 2. The smallest absolute Gasteiger partial charge is 0.270 e. The number of nitrogens with zero attached hydrogens (tertiary/aromatic N) is 6. The fourth-order valence-corrected chi connectivity index (χ4v) is 11.7. The third-order valence-electron chi connectivity index (χ3n) is 13.0. The summed E-state index contributed by atoms with van der Waals surface area (Å²) in [4.78, 5) is 70.5. The quantitative estimate of drug-likeness (QED) is 0.0395. The molecular formula is C53H46Cl2F4N10O10S2. The molecule has 4 heterocycles. The molecule has 81 heavy (non-hydrogen) atoms. The molecule has 3 atom stereocenters. The number of fused-ring (bicyclic) bond motifs is 2. The molecule has 28 heteroatoms. The average molecular weight is 1190 g/mol. The number of rotatable bonds is 21. The molecule has 422 valence electrons. The number of nitrogens with one attached hydrogen (secondary N) is 4. The van der Waals surface area contributed by atoms with Crippen LogP contribution in [0.2, 0.25) is 10.0 Å². The van der Waals surface area contributed by atoms with Gasteiger partial charge in [0.2, 0.25) is 23.6 Å². The van der Waals surface area contributed by atoms with Crippen molar-refractivity contribution < 1.29 is 53.5 Å². The van der Waals surface area contributed by atoms with E-state index in [1.54, 1.807) is 25.1 Å². The summed E-state index contributed by atoms with van der Waals surface area (Å²) in [6.07, 6.45) is 5.10. The summed E-state index contributed by atoms with van der Waals surface area (Å²) < 4.78 is 127. The van der Waals surface area contributed by atoms with E-state index in [4.69, 9.17) is 32.7 Å². The number of benzene rings is 4. The minimum atomic E-state index is -4.55. The Morgan fingerprint density at radius 1 is 0.704 bits per heavy atom. The van der Waals surface area contributed by atoms with Gasteiger partial charge >= 0.3 is 0 Å². The lowest BCUT2D eigenvalue weighted by Gasteiger charge is -2.18. The first-order valence-corrected chi connectivity index (χ1v) is 28.2. The van der Waals surface area contributed by atoms with Crippen molar-refractivity contribution in [1.82, 2.24) is 39.7 Å². The zero-order valence-electron chi connectivity index (χ0n) is 42.7. The average Bonchev–Trinajstić information content (AvgIpc) is 4.15. The Balaban J connectivity index is 0.901. The SMILES string of the molecule is CC[C@H](Cn1cnc2ccc(-c3cnc(OC)c(NS(=O)(=O)c4ccc(F)cc4Cl)c3)cc2c1=O)C(=O)NCCOc1ncc(-c2ccc3ncn(C[C@@H](C)C(=O)N[C@H]4CC4(F)F)c(=O)c3c2)cc1NS(=O)(=O)c1ccc(F)cc1Cl. The number of carbonyl (C=O) groups excluding carboxylic acids is 2. The highest BCUT2D eigenvalue weighted by Gasteiger charge is 2.58. The first kappa shape index (κ1) is 57.5. The number of methoxy groups -OCH3 is 1. The fraction of sp³-hybridized carbons (Fsp3) is 0.245. The number of carbonyl (C=O) groups is 2. The van der Waals surface area contributed by atoms with E-state index in [1.165, 1.54) is 78.5 Å². The maximum Gasteiger partial charge on any atom is 0.270 e. The molecular weight excluding hydrogens is 1150 g/mol. The van der Waals surface area contributed by atoms with Crippen LogP contribution in [0.5, 0.6) is 11.8 Å². The second kappa shape index (κ2) is 23.1. The van der Waals surface area contributed by atoms with Crippen LogP contribution in [0.25, 0.3) is 44.1 Å². The van der Waals surface area contributed by atoms with E-state index in [2.05, 4.69) is 40.0 Å². The van der Waals surface area contributed by atoms with Crippen LogP contribution in [0.1, 0.15) is 26.7 Å². The molecule has 9 rings (SSSR count). The summed E-state index contributed by atoms with van der Waals surface area (Å²) in [6, 6.07) is 16.4. The van der Waals surface area contributed by atoms with Crippen molar-refractivity contribution in [3.63, 3.8) is 0 Å². The molecule has 0 bridgehead atoms. The van der Waals surface area contributed by atoms with E-state index in [9.17, 15) is 53.6 Å². The molecule has 1 aliphatic carbocycles. The van der Waals surface area contributed by atoms with Gasteiger partial charge in [0.25, 0.3) is 37.1 Å². The van der Waals surface area contributed by atoms with Gasteiger partial charge in [0, 0.05) is 43.0 Å². The number of anilines is 2. The van der Waals surface area contributed by atoms with Crippen LogP contribution in [0, 0.1) is 23.5 Å². The van der Waals surface area contributed by atoms with Crippen LogP contribution >= 0.6 is 23.2 Å². The molecule has 20 nitrogen and oxygen atoms in total. The highest BCUT2D eigenvalue weighted by molar-refractivity contribution is 7.93. The molecule has 0 radical (unpaired) electrons. The topological polar surface area (TPSA) is 265 Å². The first-order valence-electron chi connectivity index (χ1n) is 24.5. The summed E-state index contributed by atoms with van der Waals surface area (Å²) in [5.41, 5.74) is 0.705. The van der Waals surface area contributed by atoms with Gasteiger partial charge in [-0.15, -0.1) is 0 Å². The van der Waals surface area contributed by atoms with Crippen molar-refractivity contribution >= 4 is 88.2 Å². The summed E-state index contributed by atoms with van der Waals surface area (Å²) in [5.74, 6) is -7.61. The lowest BCUT2D eigenvalue weighted by molar-refractivity contribution is -0.126.